The molecule has 2 aromatic rings. The molecule has 0 saturated carbocycles. The maximum absolute atomic E-state index is 12.2. The SMILES string of the molecule is Cc1cccc(NC(=O)[C@@H](C#N)C(=O)CCc2ccccc2)c1. The number of rotatable bonds is 6. The number of nitrogens with one attached hydrogen (secondary N) is 1. The molecule has 0 radical (unpaired) electrons. The fraction of sp³-hybridized carbons (Fsp3) is 0.211. The van der Waals surface area contributed by atoms with Gasteiger partial charge in [-0.1, -0.05) is 42.5 Å². The highest BCUT2D eigenvalue weighted by Gasteiger charge is 2.25. The van der Waals surface area contributed by atoms with E-state index in [0.717, 1.165) is 11.1 Å². The van der Waals surface area contributed by atoms with E-state index in [1.807, 2.05) is 55.5 Å². The van der Waals surface area contributed by atoms with Crippen molar-refractivity contribution in [1.29, 1.82) is 5.26 Å². The molecule has 1 amide bonds. The van der Waals surface area contributed by atoms with E-state index in [1.165, 1.54) is 0 Å². The number of ketones is 1. The number of anilines is 1. The van der Waals surface area contributed by atoms with Crippen molar-refractivity contribution in [1.82, 2.24) is 0 Å². The number of carbonyl (C=O) groups is 2. The van der Waals surface area contributed by atoms with Gasteiger partial charge in [-0.05, 0) is 36.6 Å². The highest BCUT2D eigenvalue weighted by molar-refractivity contribution is 6.09. The minimum atomic E-state index is -1.28. The summed E-state index contributed by atoms with van der Waals surface area (Å²) in [6.45, 7) is 1.91. The monoisotopic (exact) mass is 306 g/mol. The van der Waals surface area contributed by atoms with Gasteiger partial charge in [-0.15, -0.1) is 0 Å². The van der Waals surface area contributed by atoms with Crippen LogP contribution in [-0.4, -0.2) is 11.7 Å². The number of nitrogens with zero attached hydrogens (tertiary/aromatic N) is 1. The second kappa shape index (κ2) is 7.90. The Labute approximate surface area is 135 Å². The lowest BCUT2D eigenvalue weighted by Crippen LogP contribution is -2.28. The van der Waals surface area contributed by atoms with Gasteiger partial charge in [-0.2, -0.15) is 5.26 Å². The lowest BCUT2D eigenvalue weighted by Gasteiger charge is -2.10. The Morgan fingerprint density at radius 1 is 1.13 bits per heavy atom. The van der Waals surface area contributed by atoms with E-state index in [4.69, 9.17) is 5.26 Å². The summed E-state index contributed by atoms with van der Waals surface area (Å²) in [5, 5.41) is 11.8. The van der Waals surface area contributed by atoms with Crippen molar-refractivity contribution in [3.8, 4) is 6.07 Å². The van der Waals surface area contributed by atoms with Gasteiger partial charge < -0.3 is 5.32 Å². The minimum Gasteiger partial charge on any atom is -0.325 e. The minimum absolute atomic E-state index is 0.170. The molecule has 0 saturated heterocycles. The van der Waals surface area contributed by atoms with Crippen LogP contribution >= 0.6 is 0 Å². The van der Waals surface area contributed by atoms with Crippen LogP contribution in [0.3, 0.4) is 0 Å². The molecule has 1 N–H and O–H groups in total. The predicted molar refractivity (Wildman–Crippen MR) is 88.7 cm³/mol. The van der Waals surface area contributed by atoms with E-state index in [-0.39, 0.29) is 12.2 Å². The topological polar surface area (TPSA) is 70.0 Å². The first-order valence-electron chi connectivity index (χ1n) is 7.44. The second-order valence-corrected chi connectivity index (χ2v) is 5.37. The largest absolute Gasteiger partial charge is 0.325 e. The number of hydrogen-bond donors (Lipinski definition) is 1. The molecule has 0 bridgehead atoms. The van der Waals surface area contributed by atoms with Crippen LogP contribution in [-0.2, 0) is 16.0 Å². The number of amides is 1. The second-order valence-electron chi connectivity index (χ2n) is 5.37. The van der Waals surface area contributed by atoms with Crippen LogP contribution in [0.25, 0.3) is 0 Å². The van der Waals surface area contributed by atoms with Crippen molar-refractivity contribution in [2.24, 2.45) is 5.92 Å². The molecule has 23 heavy (non-hydrogen) atoms. The number of aryl methyl sites for hydroxylation is 2. The zero-order valence-corrected chi connectivity index (χ0v) is 13.0. The van der Waals surface area contributed by atoms with E-state index in [2.05, 4.69) is 5.32 Å². The number of Topliss-reactive ketones (excluding diaryl/α,β-unsaturated/α-hetero) is 1. The Balaban J connectivity index is 1.96. The molecule has 2 rings (SSSR count). The first kappa shape index (κ1) is 16.4. The molecular formula is C19H18N2O2. The quantitative estimate of drug-likeness (QED) is 0.833. The summed E-state index contributed by atoms with van der Waals surface area (Å²) in [6, 6.07) is 18.6. The zero-order chi connectivity index (χ0) is 16.7. The summed E-state index contributed by atoms with van der Waals surface area (Å²) in [6.07, 6.45) is 0.694. The van der Waals surface area contributed by atoms with Crippen molar-refractivity contribution in [2.45, 2.75) is 19.8 Å². The summed E-state index contributed by atoms with van der Waals surface area (Å²) < 4.78 is 0. The Kier molecular flexibility index (Phi) is 5.65. The van der Waals surface area contributed by atoms with E-state index in [1.54, 1.807) is 12.1 Å². The molecule has 0 aliphatic rings. The molecule has 4 heteroatoms. The number of nitriles is 1. The molecule has 2 aromatic carbocycles. The third-order valence-electron chi connectivity index (χ3n) is 3.50. The summed E-state index contributed by atoms with van der Waals surface area (Å²) in [4.78, 5) is 24.3. The average Bonchev–Trinajstić information content (AvgIpc) is 2.54. The van der Waals surface area contributed by atoms with Crippen LogP contribution in [0.1, 0.15) is 17.5 Å². The van der Waals surface area contributed by atoms with Gasteiger partial charge in [-0.3, -0.25) is 9.59 Å². The molecule has 0 spiro atoms. The predicted octanol–water partition coefficient (Wildman–Crippen LogP) is 3.28. The standard InChI is InChI=1S/C19H18N2O2/c1-14-6-5-9-16(12-14)21-19(23)17(13-20)18(22)11-10-15-7-3-2-4-8-15/h2-9,12,17H,10-11H2,1H3,(H,21,23)/t17-/m0/s1. The van der Waals surface area contributed by atoms with Gasteiger partial charge in [0.05, 0.1) is 6.07 Å². The van der Waals surface area contributed by atoms with Gasteiger partial charge in [0.1, 0.15) is 0 Å². The van der Waals surface area contributed by atoms with Crippen molar-refractivity contribution < 1.29 is 9.59 Å². The van der Waals surface area contributed by atoms with Crippen LogP contribution in [0.2, 0.25) is 0 Å². The lowest BCUT2D eigenvalue weighted by atomic mass is 9.98. The van der Waals surface area contributed by atoms with E-state index in [0.29, 0.717) is 12.1 Å². The summed E-state index contributed by atoms with van der Waals surface area (Å²) in [5.41, 5.74) is 2.59. The number of benzene rings is 2. The molecule has 116 valence electrons. The van der Waals surface area contributed by atoms with E-state index < -0.39 is 11.8 Å². The molecule has 4 nitrogen and oxygen atoms in total. The summed E-state index contributed by atoms with van der Waals surface area (Å²) >= 11 is 0. The first-order valence-corrected chi connectivity index (χ1v) is 7.44. The molecule has 0 aromatic heterocycles. The van der Waals surface area contributed by atoms with Gasteiger partial charge in [-0.25, -0.2) is 0 Å². The molecule has 0 heterocycles. The number of carbonyl (C=O) groups excluding carboxylic acids is 2. The van der Waals surface area contributed by atoms with Gasteiger partial charge in [0, 0.05) is 12.1 Å². The third kappa shape index (κ3) is 4.79. The summed E-state index contributed by atoms with van der Waals surface area (Å²) in [5.74, 6) is -2.21. The number of hydrogen-bond acceptors (Lipinski definition) is 3. The van der Waals surface area contributed by atoms with Gasteiger partial charge in [0.25, 0.3) is 0 Å². The summed E-state index contributed by atoms with van der Waals surface area (Å²) in [7, 11) is 0. The van der Waals surface area contributed by atoms with E-state index >= 15 is 0 Å². The van der Waals surface area contributed by atoms with Crippen LogP contribution in [0, 0.1) is 24.2 Å². The fourth-order valence-corrected chi connectivity index (χ4v) is 2.27. The smallest absolute Gasteiger partial charge is 0.249 e. The highest BCUT2D eigenvalue weighted by atomic mass is 16.2. The van der Waals surface area contributed by atoms with Gasteiger partial charge >= 0.3 is 0 Å². The van der Waals surface area contributed by atoms with Crippen LogP contribution < -0.4 is 5.32 Å². The van der Waals surface area contributed by atoms with Crippen LogP contribution in [0.5, 0.6) is 0 Å². The lowest BCUT2D eigenvalue weighted by molar-refractivity contribution is -0.128. The van der Waals surface area contributed by atoms with Crippen molar-refractivity contribution in [3.05, 3.63) is 65.7 Å². The molecule has 0 unspecified atom stereocenters. The Morgan fingerprint density at radius 3 is 2.52 bits per heavy atom. The normalized spacial score (nSPS) is 11.3. The Morgan fingerprint density at radius 2 is 1.87 bits per heavy atom. The van der Waals surface area contributed by atoms with Crippen LogP contribution in [0.4, 0.5) is 5.69 Å². The average molecular weight is 306 g/mol. The van der Waals surface area contributed by atoms with Gasteiger partial charge in [0.15, 0.2) is 11.7 Å². The first-order chi connectivity index (χ1) is 11.1. The Hall–Kier alpha value is -2.93. The molecule has 0 fully saturated rings. The zero-order valence-electron chi connectivity index (χ0n) is 13.0. The van der Waals surface area contributed by atoms with Crippen molar-refractivity contribution in [2.75, 3.05) is 5.32 Å². The Bertz CT molecular complexity index is 733. The van der Waals surface area contributed by atoms with E-state index in [9.17, 15) is 9.59 Å². The van der Waals surface area contributed by atoms with Crippen molar-refractivity contribution >= 4 is 17.4 Å². The molecule has 0 aliphatic heterocycles. The van der Waals surface area contributed by atoms with Crippen molar-refractivity contribution in [3.63, 3.8) is 0 Å². The highest BCUT2D eigenvalue weighted by Crippen LogP contribution is 2.13. The fourth-order valence-electron chi connectivity index (χ4n) is 2.27. The molecule has 1 atom stereocenters. The third-order valence-corrected chi connectivity index (χ3v) is 3.50. The maximum Gasteiger partial charge on any atom is 0.249 e. The van der Waals surface area contributed by atoms with Gasteiger partial charge in [0.2, 0.25) is 5.91 Å². The molecular weight excluding hydrogens is 288 g/mol. The van der Waals surface area contributed by atoms with Crippen LogP contribution in [0.15, 0.2) is 54.6 Å². The maximum atomic E-state index is 12.2. The molecule has 0 aliphatic carbocycles.